The number of fused-ring (bicyclic) bond motifs is 1. The van der Waals surface area contributed by atoms with Crippen molar-refractivity contribution in [3.63, 3.8) is 0 Å². The summed E-state index contributed by atoms with van der Waals surface area (Å²) in [6, 6.07) is 7.35. The smallest absolute Gasteiger partial charge is 0.267 e. The highest BCUT2D eigenvalue weighted by atomic mass is 16.5. The van der Waals surface area contributed by atoms with Gasteiger partial charge >= 0.3 is 0 Å². The average molecular weight is 259 g/mol. The minimum Gasteiger partial charge on any atom is -0.399 e. The summed E-state index contributed by atoms with van der Waals surface area (Å²) in [7, 11) is 0. The van der Waals surface area contributed by atoms with Crippen molar-refractivity contribution in [1.82, 2.24) is 10.3 Å². The number of nitrogens with two attached hydrogens (primary N) is 1. The van der Waals surface area contributed by atoms with Crippen molar-refractivity contribution in [2.75, 3.05) is 18.9 Å². The van der Waals surface area contributed by atoms with Gasteiger partial charge in [0.05, 0.1) is 6.10 Å². The predicted octanol–water partition coefficient (Wildman–Crippen LogP) is 1.66. The van der Waals surface area contributed by atoms with Gasteiger partial charge in [-0.1, -0.05) is 0 Å². The van der Waals surface area contributed by atoms with Crippen molar-refractivity contribution in [1.29, 1.82) is 0 Å². The van der Waals surface area contributed by atoms with Gasteiger partial charge in [-0.25, -0.2) is 0 Å². The number of aromatic amines is 1. The number of hydrogen-bond acceptors (Lipinski definition) is 3. The summed E-state index contributed by atoms with van der Waals surface area (Å²) in [6.07, 6.45) is 2.25. The van der Waals surface area contributed by atoms with E-state index in [4.69, 9.17) is 10.5 Å². The number of hydrogen-bond donors (Lipinski definition) is 3. The van der Waals surface area contributed by atoms with Gasteiger partial charge in [-0.3, -0.25) is 4.79 Å². The van der Waals surface area contributed by atoms with Gasteiger partial charge in [0, 0.05) is 29.7 Å². The molecule has 100 valence electrons. The van der Waals surface area contributed by atoms with Gasteiger partial charge in [0.15, 0.2) is 0 Å². The Hall–Kier alpha value is -2.01. The zero-order valence-corrected chi connectivity index (χ0v) is 10.6. The van der Waals surface area contributed by atoms with Gasteiger partial charge in [-0.05, 0) is 37.1 Å². The maximum absolute atomic E-state index is 12.0. The van der Waals surface area contributed by atoms with Gasteiger partial charge < -0.3 is 20.8 Å². The van der Waals surface area contributed by atoms with Crippen LogP contribution in [0.15, 0.2) is 24.3 Å². The summed E-state index contributed by atoms with van der Waals surface area (Å²) >= 11 is 0. The summed E-state index contributed by atoms with van der Waals surface area (Å²) in [6.45, 7) is 1.36. The first-order valence-electron chi connectivity index (χ1n) is 6.50. The second-order valence-electron chi connectivity index (χ2n) is 4.87. The first kappa shape index (κ1) is 12.0. The van der Waals surface area contributed by atoms with Crippen LogP contribution in [0.2, 0.25) is 0 Å². The van der Waals surface area contributed by atoms with E-state index in [1.165, 1.54) is 0 Å². The van der Waals surface area contributed by atoms with Crippen LogP contribution >= 0.6 is 0 Å². The van der Waals surface area contributed by atoms with Crippen LogP contribution in [0.4, 0.5) is 5.69 Å². The SMILES string of the molecule is Nc1ccc2[nH]c(C(=O)NCC3CCCO3)cc2c1. The summed E-state index contributed by atoms with van der Waals surface area (Å²) < 4.78 is 5.47. The molecule has 5 nitrogen and oxygen atoms in total. The lowest BCUT2D eigenvalue weighted by atomic mass is 10.2. The third kappa shape index (κ3) is 2.56. The lowest BCUT2D eigenvalue weighted by Gasteiger charge is -2.09. The Kier molecular flexibility index (Phi) is 3.13. The fraction of sp³-hybridized carbons (Fsp3) is 0.357. The topological polar surface area (TPSA) is 80.1 Å². The first-order chi connectivity index (χ1) is 9.22. The van der Waals surface area contributed by atoms with E-state index >= 15 is 0 Å². The number of carbonyl (C=O) groups excluding carboxylic acids is 1. The Morgan fingerprint density at radius 3 is 3.16 bits per heavy atom. The molecule has 2 heterocycles. The van der Waals surface area contributed by atoms with Gasteiger partial charge in [0.2, 0.25) is 0 Å². The number of carbonyl (C=O) groups is 1. The van der Waals surface area contributed by atoms with Crippen molar-refractivity contribution in [2.24, 2.45) is 0 Å². The van der Waals surface area contributed by atoms with E-state index < -0.39 is 0 Å². The zero-order valence-electron chi connectivity index (χ0n) is 10.6. The fourth-order valence-electron chi connectivity index (χ4n) is 2.38. The maximum Gasteiger partial charge on any atom is 0.267 e. The van der Waals surface area contributed by atoms with Crippen LogP contribution in [0.5, 0.6) is 0 Å². The number of amides is 1. The number of H-pyrrole nitrogens is 1. The van der Waals surface area contributed by atoms with Crippen molar-refractivity contribution < 1.29 is 9.53 Å². The van der Waals surface area contributed by atoms with Gasteiger partial charge in [0.25, 0.3) is 5.91 Å². The summed E-state index contributed by atoms with van der Waals surface area (Å²) in [4.78, 5) is 15.1. The normalized spacial score (nSPS) is 18.8. The fourth-order valence-corrected chi connectivity index (χ4v) is 2.38. The number of nitrogen functional groups attached to an aromatic ring is 1. The van der Waals surface area contributed by atoms with Crippen LogP contribution in [-0.4, -0.2) is 30.1 Å². The molecular weight excluding hydrogens is 242 g/mol. The van der Waals surface area contributed by atoms with E-state index in [0.29, 0.717) is 17.9 Å². The molecule has 0 bridgehead atoms. The van der Waals surface area contributed by atoms with E-state index in [1.807, 2.05) is 24.3 Å². The molecule has 5 heteroatoms. The van der Waals surface area contributed by atoms with Crippen LogP contribution in [0.25, 0.3) is 10.9 Å². The van der Waals surface area contributed by atoms with Gasteiger partial charge in [-0.15, -0.1) is 0 Å². The quantitative estimate of drug-likeness (QED) is 0.733. The zero-order chi connectivity index (χ0) is 13.2. The van der Waals surface area contributed by atoms with E-state index in [0.717, 1.165) is 30.4 Å². The summed E-state index contributed by atoms with van der Waals surface area (Å²) in [5, 5.41) is 3.84. The van der Waals surface area contributed by atoms with E-state index in [-0.39, 0.29) is 12.0 Å². The number of anilines is 1. The standard InChI is InChI=1S/C14H17N3O2/c15-10-3-4-12-9(6-10)7-13(17-12)14(18)16-8-11-2-1-5-19-11/h3-4,6-7,11,17H,1-2,5,8,15H2,(H,16,18). The molecule has 1 unspecified atom stereocenters. The van der Waals surface area contributed by atoms with Crippen LogP contribution in [0.1, 0.15) is 23.3 Å². The molecule has 0 saturated carbocycles. The highest BCUT2D eigenvalue weighted by molar-refractivity contribution is 5.98. The van der Waals surface area contributed by atoms with Crippen molar-refractivity contribution in [3.05, 3.63) is 30.0 Å². The average Bonchev–Trinajstić information content (AvgIpc) is 3.04. The molecule has 3 rings (SSSR count). The van der Waals surface area contributed by atoms with Gasteiger partial charge in [-0.2, -0.15) is 0 Å². The highest BCUT2D eigenvalue weighted by Gasteiger charge is 2.17. The minimum atomic E-state index is -0.106. The monoisotopic (exact) mass is 259 g/mol. The molecule has 1 saturated heterocycles. The molecule has 0 aliphatic carbocycles. The molecule has 1 fully saturated rings. The largest absolute Gasteiger partial charge is 0.399 e. The summed E-state index contributed by atoms with van der Waals surface area (Å²) in [5.41, 5.74) is 7.88. The Morgan fingerprint density at radius 1 is 1.47 bits per heavy atom. The lowest BCUT2D eigenvalue weighted by molar-refractivity contribution is 0.0854. The lowest BCUT2D eigenvalue weighted by Crippen LogP contribution is -2.31. The third-order valence-corrected chi connectivity index (χ3v) is 3.40. The van der Waals surface area contributed by atoms with Crippen LogP contribution in [0, 0.1) is 0 Å². The molecule has 0 radical (unpaired) electrons. The molecular formula is C14H17N3O2. The molecule has 4 N–H and O–H groups in total. The first-order valence-corrected chi connectivity index (χ1v) is 6.50. The van der Waals surface area contributed by atoms with E-state index in [1.54, 1.807) is 0 Å². The Bertz CT molecular complexity index is 600. The molecule has 1 aliphatic rings. The number of nitrogens with one attached hydrogen (secondary N) is 2. The molecule has 2 aromatic rings. The Morgan fingerprint density at radius 2 is 2.37 bits per heavy atom. The second-order valence-corrected chi connectivity index (χ2v) is 4.87. The molecule has 1 aliphatic heterocycles. The van der Waals surface area contributed by atoms with Crippen molar-refractivity contribution >= 4 is 22.5 Å². The van der Waals surface area contributed by atoms with Crippen molar-refractivity contribution in [3.8, 4) is 0 Å². The summed E-state index contributed by atoms with van der Waals surface area (Å²) in [5.74, 6) is -0.106. The maximum atomic E-state index is 12.0. The molecule has 0 spiro atoms. The molecule has 19 heavy (non-hydrogen) atoms. The molecule has 1 aromatic heterocycles. The van der Waals surface area contributed by atoms with Gasteiger partial charge in [0.1, 0.15) is 5.69 Å². The van der Waals surface area contributed by atoms with E-state index in [9.17, 15) is 4.79 Å². The number of ether oxygens (including phenoxy) is 1. The van der Waals surface area contributed by atoms with E-state index in [2.05, 4.69) is 10.3 Å². The minimum absolute atomic E-state index is 0.106. The Balaban J connectivity index is 1.70. The Labute approximate surface area is 111 Å². The highest BCUT2D eigenvalue weighted by Crippen LogP contribution is 2.18. The van der Waals surface area contributed by atoms with Crippen molar-refractivity contribution in [2.45, 2.75) is 18.9 Å². The second kappa shape index (κ2) is 4.93. The number of aromatic nitrogens is 1. The van der Waals surface area contributed by atoms with Crippen LogP contribution in [-0.2, 0) is 4.74 Å². The predicted molar refractivity (Wildman–Crippen MR) is 74.0 cm³/mol. The third-order valence-electron chi connectivity index (χ3n) is 3.40. The van der Waals surface area contributed by atoms with Crippen LogP contribution < -0.4 is 11.1 Å². The van der Waals surface area contributed by atoms with Crippen LogP contribution in [0.3, 0.4) is 0 Å². The number of rotatable bonds is 3. The molecule has 1 atom stereocenters. The molecule has 1 amide bonds. The number of benzene rings is 1. The molecule has 1 aromatic carbocycles.